The maximum absolute atomic E-state index is 13.5. The zero-order valence-corrected chi connectivity index (χ0v) is 18.1. The number of rotatable bonds is 3. The molecule has 2 heterocycles. The van der Waals surface area contributed by atoms with Crippen molar-refractivity contribution >= 4 is 12.0 Å². The van der Waals surface area contributed by atoms with Gasteiger partial charge in [0.05, 0.1) is 17.8 Å². The van der Waals surface area contributed by atoms with Crippen molar-refractivity contribution in [2.75, 3.05) is 13.6 Å². The van der Waals surface area contributed by atoms with Crippen LogP contribution in [-0.2, 0) is 30.4 Å². The lowest BCUT2D eigenvalue weighted by Gasteiger charge is -2.31. The van der Waals surface area contributed by atoms with Crippen LogP contribution in [0.2, 0.25) is 0 Å². The minimum atomic E-state index is -4.76. The highest BCUT2D eigenvalue weighted by Crippen LogP contribution is 2.34. The van der Waals surface area contributed by atoms with E-state index >= 15 is 0 Å². The van der Waals surface area contributed by atoms with Crippen molar-refractivity contribution in [2.45, 2.75) is 52.1 Å². The van der Waals surface area contributed by atoms with Crippen LogP contribution in [0.15, 0.2) is 18.2 Å². The SMILES string of the molecule is CNC(=O)c1nc2n(c1Cc1ccc(F)cc1C(F)(F)F)CCN(C(=O)OC(C)(C)C)C2. The number of nitrogens with one attached hydrogen (secondary N) is 1. The Morgan fingerprint density at radius 2 is 1.88 bits per heavy atom. The van der Waals surface area contributed by atoms with Gasteiger partial charge < -0.3 is 14.6 Å². The molecule has 0 saturated heterocycles. The topological polar surface area (TPSA) is 76.5 Å². The molecule has 0 atom stereocenters. The van der Waals surface area contributed by atoms with Gasteiger partial charge in [-0.05, 0) is 38.5 Å². The van der Waals surface area contributed by atoms with Gasteiger partial charge >= 0.3 is 12.3 Å². The van der Waals surface area contributed by atoms with Crippen LogP contribution < -0.4 is 5.32 Å². The molecule has 1 aliphatic rings. The Morgan fingerprint density at radius 3 is 2.47 bits per heavy atom. The van der Waals surface area contributed by atoms with Crippen LogP contribution in [0.5, 0.6) is 0 Å². The van der Waals surface area contributed by atoms with Gasteiger partial charge in [-0.25, -0.2) is 14.2 Å². The van der Waals surface area contributed by atoms with Crippen LogP contribution in [-0.4, -0.2) is 45.6 Å². The Labute approximate surface area is 182 Å². The number of ether oxygens (including phenoxy) is 1. The maximum Gasteiger partial charge on any atom is 0.416 e. The quantitative estimate of drug-likeness (QED) is 0.714. The summed E-state index contributed by atoms with van der Waals surface area (Å²) in [5, 5.41) is 2.43. The van der Waals surface area contributed by atoms with Gasteiger partial charge in [0, 0.05) is 26.6 Å². The first kappa shape index (κ1) is 23.6. The molecule has 2 amide bonds. The fourth-order valence-corrected chi connectivity index (χ4v) is 3.50. The Kier molecular flexibility index (Phi) is 6.21. The van der Waals surface area contributed by atoms with E-state index in [1.807, 2.05) is 0 Å². The number of aromatic nitrogens is 2. The number of amides is 2. The molecular weight excluding hydrogens is 432 g/mol. The molecule has 0 fully saturated rings. The van der Waals surface area contributed by atoms with E-state index in [-0.39, 0.29) is 43.0 Å². The molecule has 0 aliphatic carbocycles. The Morgan fingerprint density at radius 1 is 1.19 bits per heavy atom. The van der Waals surface area contributed by atoms with E-state index in [0.29, 0.717) is 11.9 Å². The molecule has 0 spiro atoms. The van der Waals surface area contributed by atoms with Gasteiger partial charge in [-0.15, -0.1) is 0 Å². The molecule has 0 saturated carbocycles. The summed E-state index contributed by atoms with van der Waals surface area (Å²) in [6.07, 6.45) is -5.59. The molecule has 32 heavy (non-hydrogen) atoms. The van der Waals surface area contributed by atoms with Crippen molar-refractivity contribution in [3.05, 3.63) is 52.4 Å². The van der Waals surface area contributed by atoms with Gasteiger partial charge in [0.2, 0.25) is 0 Å². The summed E-state index contributed by atoms with van der Waals surface area (Å²) in [5.74, 6) is -1.22. The van der Waals surface area contributed by atoms with Crippen molar-refractivity contribution in [3.63, 3.8) is 0 Å². The third-order valence-electron chi connectivity index (χ3n) is 4.91. The second-order valence-corrected chi connectivity index (χ2v) is 8.43. The summed E-state index contributed by atoms with van der Waals surface area (Å²) in [5.41, 5.74) is -1.76. The van der Waals surface area contributed by atoms with Crippen molar-refractivity contribution in [3.8, 4) is 0 Å². The molecule has 1 N–H and O–H groups in total. The molecule has 1 aliphatic heterocycles. The summed E-state index contributed by atoms with van der Waals surface area (Å²) < 4.78 is 60.9. The number of hydrogen-bond acceptors (Lipinski definition) is 4. The maximum atomic E-state index is 13.5. The molecule has 7 nitrogen and oxygen atoms in total. The van der Waals surface area contributed by atoms with Gasteiger partial charge in [0.25, 0.3) is 5.91 Å². The van der Waals surface area contributed by atoms with Crippen molar-refractivity contribution in [1.82, 2.24) is 19.8 Å². The summed E-state index contributed by atoms with van der Waals surface area (Å²) in [7, 11) is 1.39. The first-order valence-corrected chi connectivity index (χ1v) is 9.94. The van der Waals surface area contributed by atoms with E-state index in [0.717, 1.165) is 12.1 Å². The van der Waals surface area contributed by atoms with E-state index < -0.39 is 35.2 Å². The number of nitrogens with zero attached hydrogens (tertiary/aromatic N) is 3. The minimum absolute atomic E-state index is 0.0361. The van der Waals surface area contributed by atoms with Gasteiger partial charge in [-0.3, -0.25) is 9.69 Å². The third-order valence-corrected chi connectivity index (χ3v) is 4.91. The predicted molar refractivity (Wildman–Crippen MR) is 106 cm³/mol. The molecule has 174 valence electrons. The van der Waals surface area contributed by atoms with Gasteiger partial charge in [-0.1, -0.05) is 6.07 Å². The molecule has 0 bridgehead atoms. The van der Waals surface area contributed by atoms with Crippen LogP contribution >= 0.6 is 0 Å². The number of fused-ring (bicyclic) bond motifs is 1. The monoisotopic (exact) mass is 456 g/mol. The van der Waals surface area contributed by atoms with Crippen LogP contribution in [0.1, 0.15) is 53.9 Å². The second-order valence-electron chi connectivity index (χ2n) is 8.43. The number of alkyl halides is 3. The van der Waals surface area contributed by atoms with Crippen LogP contribution in [0.4, 0.5) is 22.4 Å². The second kappa shape index (κ2) is 8.44. The molecule has 3 rings (SSSR count). The van der Waals surface area contributed by atoms with E-state index in [4.69, 9.17) is 4.74 Å². The van der Waals surface area contributed by atoms with E-state index in [1.165, 1.54) is 11.9 Å². The predicted octanol–water partition coefficient (Wildman–Crippen LogP) is 3.74. The summed E-state index contributed by atoms with van der Waals surface area (Å²) in [4.78, 5) is 30.5. The number of benzene rings is 1. The third kappa shape index (κ3) is 5.03. The smallest absolute Gasteiger partial charge is 0.416 e. The Bertz CT molecular complexity index is 1040. The Balaban J connectivity index is 1.99. The highest BCUT2D eigenvalue weighted by Gasteiger charge is 2.35. The first-order chi connectivity index (χ1) is 14.8. The minimum Gasteiger partial charge on any atom is -0.444 e. The number of hydrogen-bond donors (Lipinski definition) is 1. The normalized spacial score (nSPS) is 14.2. The van der Waals surface area contributed by atoms with Crippen molar-refractivity contribution < 1.29 is 31.9 Å². The average molecular weight is 456 g/mol. The molecule has 1 aromatic carbocycles. The fourth-order valence-electron chi connectivity index (χ4n) is 3.50. The molecular formula is C21H24F4N4O3. The lowest BCUT2D eigenvalue weighted by atomic mass is 10.0. The first-order valence-electron chi connectivity index (χ1n) is 9.94. The van der Waals surface area contributed by atoms with Crippen molar-refractivity contribution in [1.29, 1.82) is 0 Å². The zero-order chi connectivity index (χ0) is 23.8. The molecule has 11 heteroatoms. The molecule has 1 aromatic heterocycles. The van der Waals surface area contributed by atoms with Crippen LogP contribution in [0, 0.1) is 5.82 Å². The van der Waals surface area contributed by atoms with Gasteiger partial charge in [0.1, 0.15) is 22.9 Å². The Hall–Kier alpha value is -3.11. The van der Waals surface area contributed by atoms with E-state index in [2.05, 4.69) is 10.3 Å². The standard InChI is InChI=1S/C21H24F4N4O3/c1-20(2,3)32-19(31)28-7-8-29-15(17(18(30)26-4)27-16(29)11-28)9-12-5-6-13(22)10-14(12)21(23,24)25/h5-6,10H,7-9,11H2,1-4H3,(H,26,30). The highest BCUT2D eigenvalue weighted by atomic mass is 19.4. The van der Waals surface area contributed by atoms with Gasteiger partial charge in [-0.2, -0.15) is 13.2 Å². The van der Waals surface area contributed by atoms with E-state index in [9.17, 15) is 27.2 Å². The summed E-state index contributed by atoms with van der Waals surface area (Å²) in [6, 6.07) is 2.44. The number of imidazole rings is 1. The molecule has 0 radical (unpaired) electrons. The lowest BCUT2D eigenvalue weighted by molar-refractivity contribution is -0.138. The lowest BCUT2D eigenvalue weighted by Crippen LogP contribution is -2.41. The van der Waals surface area contributed by atoms with Crippen LogP contribution in [0.25, 0.3) is 0 Å². The number of carbonyl (C=O) groups excluding carboxylic acids is 2. The highest BCUT2D eigenvalue weighted by molar-refractivity contribution is 5.93. The summed E-state index contributed by atoms with van der Waals surface area (Å²) >= 11 is 0. The van der Waals surface area contributed by atoms with Gasteiger partial charge in [0.15, 0.2) is 0 Å². The average Bonchev–Trinajstić information content (AvgIpc) is 3.04. The van der Waals surface area contributed by atoms with Crippen molar-refractivity contribution in [2.24, 2.45) is 0 Å². The fraction of sp³-hybridized carbons (Fsp3) is 0.476. The molecule has 2 aromatic rings. The zero-order valence-electron chi connectivity index (χ0n) is 18.1. The summed E-state index contributed by atoms with van der Waals surface area (Å²) in [6.45, 7) is 5.69. The molecule has 0 unspecified atom stereocenters. The van der Waals surface area contributed by atoms with Crippen LogP contribution in [0.3, 0.4) is 0 Å². The largest absolute Gasteiger partial charge is 0.444 e. The number of carbonyl (C=O) groups is 2. The van der Waals surface area contributed by atoms with E-state index in [1.54, 1.807) is 25.3 Å². The number of halogens is 4.